The molecule has 2 aromatic rings. The summed E-state index contributed by atoms with van der Waals surface area (Å²) in [6.45, 7) is 20.1. The maximum absolute atomic E-state index is 13.7. The molecule has 13 heteroatoms. The van der Waals surface area contributed by atoms with Crippen LogP contribution in [0.2, 0.25) is 0 Å². The van der Waals surface area contributed by atoms with E-state index in [9.17, 15) is 27.2 Å². The van der Waals surface area contributed by atoms with Crippen LogP contribution < -0.4 is 15.0 Å². The number of halogens is 4. The zero-order chi connectivity index (χ0) is 40.5. The zero-order valence-electron chi connectivity index (χ0n) is 32.5. The van der Waals surface area contributed by atoms with Gasteiger partial charge in [0.1, 0.15) is 28.4 Å². The fourth-order valence-electron chi connectivity index (χ4n) is 6.57. The number of ether oxygens (including phenoxy) is 1. The number of hydrazone groups is 1. The lowest BCUT2D eigenvalue weighted by Gasteiger charge is -2.50. The maximum Gasteiger partial charge on any atom is 0.420 e. The van der Waals surface area contributed by atoms with Crippen LogP contribution in [0.1, 0.15) is 122 Å². The fourth-order valence-corrected chi connectivity index (χ4v) is 6.85. The molecule has 1 aliphatic carbocycles. The number of allylic oxidation sites excluding steroid dienone is 2. The molecule has 2 aliphatic rings. The van der Waals surface area contributed by atoms with Crippen LogP contribution in [0.15, 0.2) is 59.0 Å². The van der Waals surface area contributed by atoms with Gasteiger partial charge >= 0.3 is 6.18 Å². The lowest BCUT2D eigenvalue weighted by Crippen LogP contribution is -2.61. The van der Waals surface area contributed by atoms with Crippen LogP contribution in [0.3, 0.4) is 0 Å². The Morgan fingerprint density at radius 2 is 1.80 bits per heavy atom. The smallest absolute Gasteiger partial charge is 0.420 e. The first-order valence-corrected chi connectivity index (χ1v) is 18.8. The van der Waals surface area contributed by atoms with E-state index in [2.05, 4.69) is 32.7 Å². The Kier molecular flexibility index (Phi) is 15.1. The molecule has 8 nitrogen and oxygen atoms in total. The quantitative estimate of drug-likeness (QED) is 0.123. The van der Waals surface area contributed by atoms with E-state index in [1.54, 1.807) is 5.01 Å². The second kappa shape index (κ2) is 18.7. The fraction of sp³-hybridized carbons (Fsp3) is 0.488. The van der Waals surface area contributed by atoms with Crippen LogP contribution in [-0.2, 0) is 15.8 Å². The number of aryl methyl sites for hydroxylation is 1. The average Bonchev–Trinajstić information content (AvgIpc) is 3.09. The predicted molar refractivity (Wildman–Crippen MR) is 208 cm³/mol. The number of anilines is 1. The first-order valence-electron chi connectivity index (χ1n) is 18.4. The third-order valence-corrected chi connectivity index (χ3v) is 10.0. The van der Waals surface area contributed by atoms with Gasteiger partial charge in [-0.3, -0.25) is 9.59 Å². The molecule has 1 amide bonds. The molecule has 1 fully saturated rings. The molecule has 1 aliphatic heterocycles. The van der Waals surface area contributed by atoms with Crippen molar-refractivity contribution in [3.8, 4) is 11.8 Å². The van der Waals surface area contributed by atoms with Crippen LogP contribution in [0.4, 0.5) is 23.2 Å². The van der Waals surface area contributed by atoms with E-state index in [0.29, 0.717) is 47.3 Å². The first kappa shape index (κ1) is 43.8. The van der Waals surface area contributed by atoms with E-state index in [0.717, 1.165) is 67.6 Å². The molecule has 0 aromatic heterocycles. The number of ketones is 1. The molecule has 0 saturated heterocycles. The van der Waals surface area contributed by atoms with Gasteiger partial charge in [-0.25, -0.2) is 9.40 Å². The van der Waals surface area contributed by atoms with E-state index in [4.69, 9.17) is 27.3 Å². The Balaban J connectivity index is 0.000000469. The van der Waals surface area contributed by atoms with Crippen LogP contribution in [0.25, 0.3) is 0 Å². The molecule has 1 heterocycles. The molecule has 0 bridgehead atoms. The second-order valence-corrected chi connectivity index (χ2v) is 14.2. The highest BCUT2D eigenvalue weighted by Gasteiger charge is 2.49. The molecule has 292 valence electrons. The highest BCUT2D eigenvalue weighted by molar-refractivity contribution is 7.80. The molecule has 1 atom stereocenters. The Morgan fingerprint density at radius 1 is 1.15 bits per heavy atom. The van der Waals surface area contributed by atoms with Gasteiger partial charge in [-0.05, 0) is 108 Å². The third-order valence-electron chi connectivity index (χ3n) is 9.86. The van der Waals surface area contributed by atoms with Crippen molar-refractivity contribution in [3.63, 3.8) is 0 Å². The van der Waals surface area contributed by atoms with Gasteiger partial charge in [0.25, 0.3) is 5.91 Å². The van der Waals surface area contributed by atoms with E-state index in [1.807, 2.05) is 50.8 Å². The van der Waals surface area contributed by atoms with Crippen molar-refractivity contribution >= 4 is 40.4 Å². The summed E-state index contributed by atoms with van der Waals surface area (Å²) >= 11 is 5.73. The van der Waals surface area contributed by atoms with Crippen molar-refractivity contribution in [1.29, 1.82) is 5.26 Å². The van der Waals surface area contributed by atoms with Crippen LogP contribution in [0.5, 0.6) is 5.75 Å². The highest BCUT2D eigenvalue weighted by atomic mass is 32.1. The van der Waals surface area contributed by atoms with Crippen molar-refractivity contribution in [2.45, 2.75) is 118 Å². The number of hydrogen-bond donors (Lipinski definition) is 1. The number of Topliss-reactive ketones (excluding diaryl/α,β-unsaturated/α-hetero) is 1. The van der Waals surface area contributed by atoms with Crippen molar-refractivity contribution in [2.24, 2.45) is 11.0 Å². The molecule has 2 aromatic carbocycles. The van der Waals surface area contributed by atoms with Gasteiger partial charge in [0, 0.05) is 17.8 Å². The minimum atomic E-state index is -4.83. The minimum Gasteiger partial charge on any atom is -0.493 e. The summed E-state index contributed by atoms with van der Waals surface area (Å²) in [5, 5.41) is 18.1. The summed E-state index contributed by atoms with van der Waals surface area (Å²) in [5.74, 6) is -0.169. The molecule has 1 unspecified atom stereocenters. The largest absolute Gasteiger partial charge is 0.493 e. The molecule has 0 radical (unpaired) electrons. The number of carbonyl (C=O) groups is 2. The monoisotopic (exact) mass is 769 g/mol. The number of alkyl halides is 3. The van der Waals surface area contributed by atoms with Gasteiger partial charge < -0.3 is 15.0 Å². The van der Waals surface area contributed by atoms with E-state index in [1.165, 1.54) is 13.0 Å². The summed E-state index contributed by atoms with van der Waals surface area (Å²) < 4.78 is 55.9. The van der Waals surface area contributed by atoms with Gasteiger partial charge in [-0.1, -0.05) is 59.0 Å². The Hall–Kier alpha value is -4.57. The zero-order valence-corrected chi connectivity index (χ0v) is 33.3. The topological polar surface area (TPSA) is 98.0 Å². The number of hydrogen-bond acceptors (Lipinski definition) is 7. The number of nitrogens with one attached hydrogen (secondary N) is 1. The summed E-state index contributed by atoms with van der Waals surface area (Å²) in [6.07, 6.45) is 1.52. The second-order valence-electron chi connectivity index (χ2n) is 13.6. The lowest BCUT2D eigenvalue weighted by atomic mass is 9.70. The molecular formula is C41H51F4N5O3S. The average molecular weight is 770 g/mol. The van der Waals surface area contributed by atoms with Gasteiger partial charge in [0.15, 0.2) is 11.6 Å². The Bertz CT molecular complexity index is 1860. The lowest BCUT2D eigenvalue weighted by molar-refractivity contribution is -0.140. The standard InChI is InChI=1S/C32H46N4O3S.C9H5F4N/c1-9-14-22(6)36-29(23(7)21(5)11-3)31(38)33-30(34-36)26-20-25(16-17-27(26)39-12-4)35(24(8)40)32(18-13-19-32)28(37)15-10-2;1-5-2-3-6(4-14)7(8(5)10)9(11,12)13/h16-17,20-21H,6,9-15,18-19H2,1-5,7-8H3,(H,33,34,38);2-3H,1H3/b29-23-;. The number of carbonyl (C=O) groups excluding carboxylic acids is 2. The highest BCUT2D eigenvalue weighted by Crippen LogP contribution is 2.44. The molecule has 4 rings (SSSR count). The predicted octanol–water partition coefficient (Wildman–Crippen LogP) is 10.3. The van der Waals surface area contributed by atoms with E-state index >= 15 is 0 Å². The van der Waals surface area contributed by atoms with E-state index < -0.39 is 28.7 Å². The molecule has 1 N–H and O–H groups in total. The first-order chi connectivity index (χ1) is 25.4. The van der Waals surface area contributed by atoms with Gasteiger partial charge in [-0.2, -0.15) is 18.4 Å². The van der Waals surface area contributed by atoms with Crippen LogP contribution >= 0.6 is 12.2 Å². The molecule has 0 spiro atoms. The van der Waals surface area contributed by atoms with Crippen LogP contribution in [0, 0.1) is 30.0 Å². The summed E-state index contributed by atoms with van der Waals surface area (Å²) in [5.41, 5.74) is 0.759. The Labute approximate surface area is 321 Å². The molecule has 1 saturated carbocycles. The number of nitrogens with zero attached hydrogens (tertiary/aromatic N) is 4. The SMILES string of the molecule is C=C(CCC)N1N=C(c2cc(N(C(C)=S)C3(C(=O)CCC)CCC3)ccc2OCC)NC(=O)/C1=C(\C)C(C)CC.Cc1ccc(C#N)c(C(F)(F)F)c1F. The van der Waals surface area contributed by atoms with Crippen LogP contribution in [-0.4, -0.2) is 39.7 Å². The third kappa shape index (κ3) is 9.38. The maximum atomic E-state index is 13.7. The van der Waals surface area contributed by atoms with Crippen molar-refractivity contribution in [1.82, 2.24) is 10.3 Å². The minimum absolute atomic E-state index is 0.128. The number of nitriles is 1. The van der Waals surface area contributed by atoms with Crippen molar-refractivity contribution in [3.05, 3.63) is 81.9 Å². The number of rotatable bonds is 13. The van der Waals surface area contributed by atoms with E-state index in [-0.39, 0.29) is 23.2 Å². The van der Waals surface area contributed by atoms with Gasteiger partial charge in [0.2, 0.25) is 0 Å². The number of thiocarbonyl (C=S) groups is 1. The van der Waals surface area contributed by atoms with Crippen molar-refractivity contribution in [2.75, 3.05) is 11.5 Å². The molecule has 54 heavy (non-hydrogen) atoms. The number of amidine groups is 1. The van der Waals surface area contributed by atoms with Gasteiger partial charge in [0.05, 0.1) is 28.8 Å². The number of amides is 1. The van der Waals surface area contributed by atoms with Gasteiger partial charge in [-0.15, -0.1) is 5.10 Å². The Morgan fingerprint density at radius 3 is 2.30 bits per heavy atom. The summed E-state index contributed by atoms with van der Waals surface area (Å²) in [6, 6.07) is 9.18. The normalized spacial score (nSPS) is 16.4. The van der Waals surface area contributed by atoms with Crippen molar-refractivity contribution < 1.29 is 31.9 Å². The summed E-state index contributed by atoms with van der Waals surface area (Å²) in [4.78, 5) is 29.7. The molecular weight excluding hydrogens is 719 g/mol. The number of benzene rings is 2. The summed E-state index contributed by atoms with van der Waals surface area (Å²) in [7, 11) is 0.